The molecule has 4 nitrogen and oxygen atoms in total. The van der Waals surface area contributed by atoms with Crippen LogP contribution >= 0.6 is 0 Å². The van der Waals surface area contributed by atoms with Crippen molar-refractivity contribution >= 4 is 0 Å². The molecule has 4 heteroatoms. The van der Waals surface area contributed by atoms with Crippen molar-refractivity contribution in [2.75, 3.05) is 6.61 Å². The van der Waals surface area contributed by atoms with Crippen molar-refractivity contribution in [3.05, 3.63) is 12.7 Å². The normalized spacial score (nSPS) is 11.9. The fourth-order valence-corrected chi connectivity index (χ4v) is 1.51. The Morgan fingerprint density at radius 1 is 0.947 bits per heavy atom. The van der Waals surface area contributed by atoms with Crippen LogP contribution in [0.4, 0.5) is 0 Å². The van der Waals surface area contributed by atoms with Crippen LogP contribution in [0, 0.1) is 0 Å². The zero-order valence-corrected chi connectivity index (χ0v) is 12.3. The molecule has 0 rings (SSSR count). The molecule has 19 heavy (non-hydrogen) atoms. The minimum atomic E-state index is -1.10. The van der Waals surface area contributed by atoms with Gasteiger partial charge in [-0.15, -0.1) is 6.58 Å². The first-order chi connectivity index (χ1) is 9.08. The highest BCUT2D eigenvalue weighted by Crippen LogP contribution is 2.03. The fraction of sp³-hybridized carbons (Fsp3) is 0.867. The van der Waals surface area contributed by atoms with Gasteiger partial charge in [-0.25, -0.2) is 0 Å². The largest absolute Gasteiger partial charge is 0.394 e. The van der Waals surface area contributed by atoms with Gasteiger partial charge in [0, 0.05) is 0 Å². The average molecular weight is 276 g/mol. The number of hydrogen-bond donors (Lipinski definition) is 4. The highest BCUT2D eigenvalue weighted by molar-refractivity contribution is 4.66. The van der Waals surface area contributed by atoms with Crippen LogP contribution in [-0.2, 0) is 0 Å². The van der Waals surface area contributed by atoms with Crippen LogP contribution in [0.3, 0.4) is 0 Å². The van der Waals surface area contributed by atoms with Gasteiger partial charge < -0.3 is 20.4 Å². The second-order valence-corrected chi connectivity index (χ2v) is 4.74. The smallest absolute Gasteiger partial charge is 0.151 e. The number of aliphatic hydroxyl groups is 4. The molecule has 1 unspecified atom stereocenters. The third-order valence-electron chi connectivity index (χ3n) is 2.72. The first-order valence-corrected chi connectivity index (χ1v) is 7.34. The van der Waals surface area contributed by atoms with Crippen LogP contribution in [0.1, 0.15) is 64.7 Å². The van der Waals surface area contributed by atoms with Gasteiger partial charge in [-0.3, -0.25) is 0 Å². The SMILES string of the molecule is C=CCCCCC(O)CO.CCCCCCC(O)O. The zero-order chi connectivity index (χ0) is 14.9. The topological polar surface area (TPSA) is 80.9 Å². The summed E-state index contributed by atoms with van der Waals surface area (Å²) in [5, 5.41) is 34.1. The molecule has 0 aliphatic heterocycles. The van der Waals surface area contributed by atoms with E-state index in [0.29, 0.717) is 12.8 Å². The molecule has 1 atom stereocenters. The molecule has 0 fully saturated rings. The van der Waals surface area contributed by atoms with E-state index in [-0.39, 0.29) is 6.61 Å². The van der Waals surface area contributed by atoms with E-state index in [1.165, 1.54) is 12.8 Å². The first kappa shape index (κ1) is 20.9. The number of aliphatic hydroxyl groups excluding tert-OH is 3. The second-order valence-electron chi connectivity index (χ2n) is 4.74. The summed E-state index contributed by atoms with van der Waals surface area (Å²) in [6, 6.07) is 0. The fourth-order valence-electron chi connectivity index (χ4n) is 1.51. The van der Waals surface area contributed by atoms with Gasteiger partial charge in [0.1, 0.15) is 0 Å². The molecular formula is C15H32O4. The summed E-state index contributed by atoms with van der Waals surface area (Å²) < 4.78 is 0. The Morgan fingerprint density at radius 3 is 2.05 bits per heavy atom. The monoisotopic (exact) mass is 276 g/mol. The van der Waals surface area contributed by atoms with Gasteiger partial charge in [0.15, 0.2) is 6.29 Å². The summed E-state index contributed by atoms with van der Waals surface area (Å²) in [4.78, 5) is 0. The molecule has 116 valence electrons. The Labute approximate surface area is 117 Å². The molecular weight excluding hydrogens is 244 g/mol. The molecule has 0 amide bonds. The van der Waals surface area contributed by atoms with E-state index in [1.807, 2.05) is 6.08 Å². The molecule has 0 aromatic heterocycles. The van der Waals surface area contributed by atoms with Crippen LogP contribution in [0.15, 0.2) is 12.7 Å². The number of rotatable bonds is 11. The molecule has 0 saturated heterocycles. The molecule has 0 bridgehead atoms. The lowest BCUT2D eigenvalue weighted by molar-refractivity contribution is -0.0465. The minimum absolute atomic E-state index is 0.117. The Kier molecular flexibility index (Phi) is 19.3. The van der Waals surface area contributed by atoms with Crippen LogP contribution < -0.4 is 0 Å². The summed E-state index contributed by atoms with van der Waals surface area (Å²) in [6.07, 6.45) is 8.95. The van der Waals surface area contributed by atoms with E-state index in [0.717, 1.165) is 32.1 Å². The molecule has 0 radical (unpaired) electrons. The second kappa shape index (κ2) is 17.6. The lowest BCUT2D eigenvalue weighted by Crippen LogP contribution is -2.10. The zero-order valence-electron chi connectivity index (χ0n) is 12.3. The number of allylic oxidation sites excluding steroid dienone is 1. The number of unbranched alkanes of at least 4 members (excludes halogenated alkanes) is 5. The maximum atomic E-state index is 8.88. The molecule has 0 saturated carbocycles. The van der Waals surface area contributed by atoms with Gasteiger partial charge in [-0.1, -0.05) is 38.7 Å². The van der Waals surface area contributed by atoms with Crippen LogP contribution in [-0.4, -0.2) is 39.4 Å². The van der Waals surface area contributed by atoms with Gasteiger partial charge in [0.05, 0.1) is 12.7 Å². The first-order valence-electron chi connectivity index (χ1n) is 7.34. The summed E-state index contributed by atoms with van der Waals surface area (Å²) in [7, 11) is 0. The van der Waals surface area contributed by atoms with Crippen LogP contribution in [0.5, 0.6) is 0 Å². The van der Waals surface area contributed by atoms with Crippen molar-refractivity contribution in [2.45, 2.75) is 77.1 Å². The lowest BCUT2D eigenvalue weighted by atomic mass is 10.1. The predicted molar refractivity (Wildman–Crippen MR) is 78.7 cm³/mol. The van der Waals surface area contributed by atoms with Crippen molar-refractivity contribution in [1.82, 2.24) is 0 Å². The molecule has 0 aliphatic rings. The molecule has 0 aromatic carbocycles. The Bertz CT molecular complexity index is 172. The molecule has 0 aliphatic carbocycles. The maximum Gasteiger partial charge on any atom is 0.151 e. The lowest BCUT2D eigenvalue weighted by Gasteiger charge is -2.04. The predicted octanol–water partition coefficient (Wildman–Crippen LogP) is 2.35. The van der Waals surface area contributed by atoms with Crippen molar-refractivity contribution in [3.8, 4) is 0 Å². The standard InChI is InChI=1S/C8H16O2.C7H16O2/c1-2-3-4-5-6-8(10)7-9;1-2-3-4-5-6-7(8)9/h2,8-10H,1,3-7H2;7-9H,2-6H2,1H3. The summed E-state index contributed by atoms with van der Waals surface area (Å²) in [5.74, 6) is 0. The van der Waals surface area contributed by atoms with Crippen molar-refractivity contribution in [3.63, 3.8) is 0 Å². The highest BCUT2D eigenvalue weighted by atomic mass is 16.5. The maximum absolute atomic E-state index is 8.88. The Hall–Kier alpha value is -0.420. The van der Waals surface area contributed by atoms with Gasteiger partial charge in [-0.2, -0.15) is 0 Å². The summed E-state index contributed by atoms with van der Waals surface area (Å²) in [5.41, 5.74) is 0. The molecule has 0 aromatic rings. The van der Waals surface area contributed by atoms with Gasteiger partial charge >= 0.3 is 0 Å². The number of hydrogen-bond acceptors (Lipinski definition) is 4. The third-order valence-corrected chi connectivity index (χ3v) is 2.72. The molecule has 0 spiro atoms. The van der Waals surface area contributed by atoms with Crippen molar-refractivity contribution in [2.24, 2.45) is 0 Å². The molecule has 0 heterocycles. The average Bonchev–Trinajstić information content (AvgIpc) is 2.40. The van der Waals surface area contributed by atoms with Crippen molar-refractivity contribution < 1.29 is 20.4 Å². The third kappa shape index (κ3) is 23.1. The highest BCUT2D eigenvalue weighted by Gasteiger charge is 1.99. The van der Waals surface area contributed by atoms with Crippen LogP contribution in [0.2, 0.25) is 0 Å². The van der Waals surface area contributed by atoms with Gasteiger partial charge in [-0.05, 0) is 32.1 Å². The summed E-state index contributed by atoms with van der Waals surface area (Å²) >= 11 is 0. The van der Waals surface area contributed by atoms with E-state index >= 15 is 0 Å². The van der Waals surface area contributed by atoms with E-state index in [1.54, 1.807) is 0 Å². The minimum Gasteiger partial charge on any atom is -0.394 e. The summed E-state index contributed by atoms with van der Waals surface area (Å²) in [6.45, 7) is 5.60. The van der Waals surface area contributed by atoms with E-state index in [9.17, 15) is 0 Å². The quantitative estimate of drug-likeness (QED) is 0.265. The Balaban J connectivity index is 0. The van der Waals surface area contributed by atoms with E-state index < -0.39 is 12.4 Å². The van der Waals surface area contributed by atoms with Gasteiger partial charge in [0.2, 0.25) is 0 Å². The Morgan fingerprint density at radius 2 is 1.58 bits per heavy atom. The van der Waals surface area contributed by atoms with E-state index in [2.05, 4.69) is 13.5 Å². The van der Waals surface area contributed by atoms with E-state index in [4.69, 9.17) is 20.4 Å². The molecule has 4 N–H and O–H groups in total. The van der Waals surface area contributed by atoms with Crippen molar-refractivity contribution in [1.29, 1.82) is 0 Å². The van der Waals surface area contributed by atoms with Gasteiger partial charge in [0.25, 0.3) is 0 Å². The van der Waals surface area contributed by atoms with Crippen LogP contribution in [0.25, 0.3) is 0 Å².